The van der Waals surface area contributed by atoms with Crippen molar-refractivity contribution in [2.24, 2.45) is 0 Å². The maximum Gasteiger partial charge on any atom is 0.344 e. The van der Waals surface area contributed by atoms with E-state index in [0.717, 1.165) is 18.2 Å². The van der Waals surface area contributed by atoms with E-state index in [1.54, 1.807) is 18.3 Å². The van der Waals surface area contributed by atoms with Crippen molar-refractivity contribution in [3.05, 3.63) is 35.5 Å². The highest BCUT2D eigenvalue weighted by Gasteiger charge is 2.34. The zero-order valence-corrected chi connectivity index (χ0v) is 12.3. The van der Waals surface area contributed by atoms with Gasteiger partial charge in [0.15, 0.2) is 0 Å². The highest BCUT2D eigenvalue weighted by atomic mass is 32.1. The fourth-order valence-electron chi connectivity index (χ4n) is 2.56. The summed E-state index contributed by atoms with van der Waals surface area (Å²) >= 11 is 1.70. The lowest BCUT2D eigenvalue weighted by Crippen LogP contribution is -2.28. The van der Waals surface area contributed by atoms with Crippen molar-refractivity contribution in [2.75, 3.05) is 11.4 Å². The Morgan fingerprint density at radius 1 is 1.37 bits per heavy atom. The topological polar surface area (TPSA) is 24.2 Å². The smallest absolute Gasteiger partial charge is 0.247 e. The molecule has 0 fully saturated rings. The van der Waals surface area contributed by atoms with Gasteiger partial charge in [-0.15, -0.1) is 0 Å². The van der Waals surface area contributed by atoms with Gasteiger partial charge in [0, 0.05) is 6.92 Å². The number of hydrogen-bond acceptors (Lipinski definition) is 2. The number of carbonyl (C=O) groups is 1. The average molecular weight is 273 g/mol. The molecule has 2 aromatic rings. The van der Waals surface area contributed by atoms with Crippen LogP contribution in [0, 0.1) is 13.8 Å². The average Bonchev–Trinajstić information content (AvgIpc) is 2.87. The Kier molecular flexibility index (Phi) is 2.90. The number of aromatic nitrogens is 1. The van der Waals surface area contributed by atoms with Gasteiger partial charge in [-0.2, -0.15) is 4.90 Å². The molecule has 0 spiro atoms. The molecule has 0 aliphatic carbocycles. The summed E-state index contributed by atoms with van der Waals surface area (Å²) in [7, 11) is 0. The van der Waals surface area contributed by atoms with Crippen LogP contribution in [0.5, 0.6) is 0 Å². The predicted octanol–water partition coefficient (Wildman–Crippen LogP) is 2.69. The lowest BCUT2D eigenvalue weighted by molar-refractivity contribution is -0.666. The number of aryl methyl sites for hydroxylation is 2. The van der Waals surface area contributed by atoms with Crippen molar-refractivity contribution in [1.29, 1.82) is 0 Å². The molecule has 0 saturated carbocycles. The van der Waals surface area contributed by atoms with Crippen molar-refractivity contribution in [3.8, 4) is 10.4 Å². The second-order valence-electron chi connectivity index (χ2n) is 5.06. The molecule has 1 aliphatic rings. The molecule has 3 nitrogen and oxygen atoms in total. The van der Waals surface area contributed by atoms with Crippen LogP contribution in [0.1, 0.15) is 18.1 Å². The Labute approximate surface area is 117 Å². The van der Waals surface area contributed by atoms with E-state index in [4.69, 9.17) is 0 Å². The monoisotopic (exact) mass is 273 g/mol. The highest BCUT2D eigenvalue weighted by molar-refractivity contribution is 7.18. The summed E-state index contributed by atoms with van der Waals surface area (Å²) in [5.41, 5.74) is 3.83. The van der Waals surface area contributed by atoms with Gasteiger partial charge in [0.1, 0.15) is 19.3 Å². The van der Waals surface area contributed by atoms with Crippen LogP contribution in [0.3, 0.4) is 0 Å². The molecule has 0 bridgehead atoms. The van der Waals surface area contributed by atoms with E-state index < -0.39 is 0 Å². The third kappa shape index (κ3) is 2.06. The SMILES string of the molecule is CC(=O)N1CC[n+]2cc(-c3ccc(C)cc3C)sc21. The summed E-state index contributed by atoms with van der Waals surface area (Å²) < 4.78 is 2.18. The van der Waals surface area contributed by atoms with E-state index in [-0.39, 0.29) is 5.91 Å². The van der Waals surface area contributed by atoms with Crippen LogP contribution in [0.15, 0.2) is 24.4 Å². The largest absolute Gasteiger partial charge is 0.344 e. The van der Waals surface area contributed by atoms with Gasteiger partial charge >= 0.3 is 11.0 Å². The van der Waals surface area contributed by atoms with Crippen LogP contribution in [0.25, 0.3) is 10.4 Å². The summed E-state index contributed by atoms with van der Waals surface area (Å²) in [6.07, 6.45) is 2.17. The number of carbonyl (C=O) groups excluding carboxylic acids is 1. The first-order valence-electron chi connectivity index (χ1n) is 6.45. The zero-order valence-electron chi connectivity index (χ0n) is 11.4. The number of amides is 1. The van der Waals surface area contributed by atoms with E-state index in [2.05, 4.69) is 42.8 Å². The van der Waals surface area contributed by atoms with Crippen molar-refractivity contribution in [3.63, 3.8) is 0 Å². The van der Waals surface area contributed by atoms with Crippen molar-refractivity contribution < 1.29 is 9.36 Å². The Hall–Kier alpha value is -1.68. The van der Waals surface area contributed by atoms with E-state index >= 15 is 0 Å². The fourth-order valence-corrected chi connectivity index (χ4v) is 3.87. The van der Waals surface area contributed by atoms with Gasteiger partial charge in [0.25, 0.3) is 0 Å². The standard InChI is InChI=1S/C15H17N2OS/c1-10-4-5-13(11(2)8-10)14-9-16-6-7-17(12(3)18)15(16)19-14/h4-5,8-9H,6-7H2,1-3H3/q+1. The molecule has 3 rings (SSSR count). The molecule has 0 N–H and O–H groups in total. The van der Waals surface area contributed by atoms with Crippen molar-refractivity contribution in [2.45, 2.75) is 27.3 Å². The number of hydrogen-bond donors (Lipinski definition) is 0. The maximum absolute atomic E-state index is 11.6. The maximum atomic E-state index is 11.6. The number of benzene rings is 1. The van der Waals surface area contributed by atoms with Gasteiger partial charge < -0.3 is 0 Å². The quantitative estimate of drug-likeness (QED) is 0.733. The predicted molar refractivity (Wildman–Crippen MR) is 77.5 cm³/mol. The minimum absolute atomic E-state index is 0.125. The first-order chi connectivity index (χ1) is 9.06. The molecule has 0 unspecified atom stereocenters. The molecule has 4 heteroatoms. The summed E-state index contributed by atoms with van der Waals surface area (Å²) in [5, 5.41) is 1.06. The Morgan fingerprint density at radius 2 is 2.16 bits per heavy atom. The highest BCUT2D eigenvalue weighted by Crippen LogP contribution is 2.33. The molecule has 1 aromatic carbocycles. The summed E-state index contributed by atoms with van der Waals surface area (Å²) in [6.45, 7) is 7.58. The van der Waals surface area contributed by atoms with Gasteiger partial charge in [-0.1, -0.05) is 23.8 Å². The number of anilines is 1. The molecule has 1 amide bonds. The first kappa shape index (κ1) is 12.4. The summed E-state index contributed by atoms with van der Waals surface area (Å²) in [5.74, 6) is 0.125. The van der Waals surface area contributed by atoms with Crippen molar-refractivity contribution >= 4 is 22.4 Å². The minimum Gasteiger partial charge on any atom is -0.247 e. The van der Waals surface area contributed by atoms with Crippen molar-refractivity contribution in [1.82, 2.24) is 0 Å². The van der Waals surface area contributed by atoms with E-state index in [9.17, 15) is 4.79 Å². The zero-order chi connectivity index (χ0) is 13.6. The van der Waals surface area contributed by atoms with Crippen LogP contribution in [0.4, 0.5) is 5.13 Å². The van der Waals surface area contributed by atoms with E-state index in [1.165, 1.54) is 21.6 Å². The molecule has 98 valence electrons. The molecule has 0 saturated heterocycles. The van der Waals surface area contributed by atoms with Gasteiger partial charge in [0.05, 0.1) is 4.88 Å². The lowest BCUT2D eigenvalue weighted by atomic mass is 10.1. The third-order valence-corrected chi connectivity index (χ3v) is 4.73. The van der Waals surface area contributed by atoms with E-state index in [1.807, 2.05) is 4.90 Å². The number of nitrogens with zero attached hydrogens (tertiary/aromatic N) is 2. The Morgan fingerprint density at radius 3 is 2.84 bits per heavy atom. The second-order valence-corrected chi connectivity index (χ2v) is 6.07. The molecule has 0 atom stereocenters. The molecule has 0 radical (unpaired) electrons. The van der Waals surface area contributed by atoms with Gasteiger partial charge in [-0.25, -0.2) is 9.36 Å². The molecular formula is C15H17N2OS+. The van der Waals surface area contributed by atoms with Crippen LogP contribution < -0.4 is 9.47 Å². The third-order valence-electron chi connectivity index (χ3n) is 3.54. The van der Waals surface area contributed by atoms with Crippen LogP contribution in [-0.2, 0) is 11.3 Å². The second kappa shape index (κ2) is 4.46. The number of fused-ring (bicyclic) bond motifs is 1. The molecule has 1 aromatic heterocycles. The van der Waals surface area contributed by atoms with Gasteiger partial charge in [0.2, 0.25) is 0 Å². The van der Waals surface area contributed by atoms with Crippen LogP contribution in [-0.4, -0.2) is 12.5 Å². The van der Waals surface area contributed by atoms with Gasteiger partial charge in [-0.05, 0) is 36.3 Å². The Balaban J connectivity index is 2.04. The molecule has 19 heavy (non-hydrogen) atoms. The first-order valence-corrected chi connectivity index (χ1v) is 7.27. The van der Waals surface area contributed by atoms with Crippen LogP contribution in [0.2, 0.25) is 0 Å². The molecule has 1 aliphatic heterocycles. The lowest BCUT2D eigenvalue weighted by Gasteiger charge is -2.04. The molecular weight excluding hydrogens is 256 g/mol. The summed E-state index contributed by atoms with van der Waals surface area (Å²) in [6, 6.07) is 6.51. The fraction of sp³-hybridized carbons (Fsp3) is 0.333. The van der Waals surface area contributed by atoms with E-state index in [0.29, 0.717) is 0 Å². The number of thiazole rings is 1. The molecule has 2 heterocycles. The van der Waals surface area contributed by atoms with Gasteiger partial charge in [-0.3, -0.25) is 0 Å². The number of rotatable bonds is 1. The minimum atomic E-state index is 0.125. The van der Waals surface area contributed by atoms with Crippen LogP contribution >= 0.6 is 11.3 Å². The normalized spacial score (nSPS) is 13.7. The Bertz CT molecular complexity index is 660. The summed E-state index contributed by atoms with van der Waals surface area (Å²) in [4.78, 5) is 14.7.